The summed E-state index contributed by atoms with van der Waals surface area (Å²) < 4.78 is 35.4. The number of nitrogens with zero attached hydrogens (tertiary/aromatic N) is 2. The van der Waals surface area contributed by atoms with Gasteiger partial charge in [0.1, 0.15) is 10.1 Å². The molecular formula is C19H17N3O7S2. The molecule has 0 aliphatic carbocycles. The van der Waals surface area contributed by atoms with Gasteiger partial charge in [-0.3, -0.25) is 9.59 Å². The van der Waals surface area contributed by atoms with Gasteiger partial charge in [-0.25, -0.2) is 0 Å². The number of aliphatic carboxylic acids is 1. The molecule has 1 amide bonds. The molecule has 1 aliphatic rings. The van der Waals surface area contributed by atoms with Gasteiger partial charge in [0.2, 0.25) is 5.91 Å². The van der Waals surface area contributed by atoms with Gasteiger partial charge in [-0.05, 0) is 35.9 Å². The van der Waals surface area contributed by atoms with Crippen LogP contribution in [0.3, 0.4) is 0 Å². The van der Waals surface area contributed by atoms with Crippen LogP contribution in [0.4, 0.5) is 0 Å². The predicted octanol–water partition coefficient (Wildman–Crippen LogP) is 1.86. The Labute approximate surface area is 182 Å². The lowest BCUT2D eigenvalue weighted by Crippen LogP contribution is -2.26. The molecule has 31 heavy (non-hydrogen) atoms. The molecule has 1 aliphatic heterocycles. The summed E-state index contributed by atoms with van der Waals surface area (Å²) in [5.74, 6) is -1.37. The van der Waals surface area contributed by atoms with E-state index >= 15 is 0 Å². The van der Waals surface area contributed by atoms with Gasteiger partial charge >= 0.3 is 16.1 Å². The van der Waals surface area contributed by atoms with Crippen molar-refractivity contribution in [1.82, 2.24) is 5.32 Å². The van der Waals surface area contributed by atoms with Crippen molar-refractivity contribution in [3.8, 4) is 11.5 Å². The van der Waals surface area contributed by atoms with Crippen LogP contribution in [0, 0.1) is 0 Å². The monoisotopic (exact) mass is 463 g/mol. The second kappa shape index (κ2) is 9.62. The first kappa shape index (κ1) is 22.3. The van der Waals surface area contributed by atoms with Crippen LogP contribution in [-0.2, 0) is 19.7 Å². The van der Waals surface area contributed by atoms with Crippen LogP contribution in [0.15, 0.2) is 63.6 Å². The number of amides is 1. The highest BCUT2D eigenvalue weighted by Crippen LogP contribution is 2.30. The number of carbonyl (C=O) groups is 2. The average molecular weight is 463 g/mol. The summed E-state index contributed by atoms with van der Waals surface area (Å²) in [4.78, 5) is 22.4. The predicted molar refractivity (Wildman–Crippen MR) is 114 cm³/mol. The van der Waals surface area contributed by atoms with E-state index in [0.717, 1.165) is 11.8 Å². The maximum Gasteiger partial charge on any atom is 0.339 e. The fourth-order valence-electron chi connectivity index (χ4n) is 2.49. The number of ether oxygens (including phenoxy) is 1. The molecule has 0 radical (unpaired) electrons. The first-order valence-corrected chi connectivity index (χ1v) is 11.0. The summed E-state index contributed by atoms with van der Waals surface area (Å²) in [6.07, 6.45) is 1.000. The van der Waals surface area contributed by atoms with Crippen molar-refractivity contribution in [3.63, 3.8) is 0 Å². The minimum Gasteiger partial charge on any atom is -0.493 e. The van der Waals surface area contributed by atoms with Crippen molar-refractivity contribution < 1.29 is 32.0 Å². The number of carboxylic acids is 1. The Hall–Kier alpha value is -3.38. The van der Waals surface area contributed by atoms with Crippen LogP contribution in [0.1, 0.15) is 12.0 Å². The van der Waals surface area contributed by atoms with Crippen molar-refractivity contribution in [2.45, 2.75) is 16.6 Å². The van der Waals surface area contributed by atoms with Crippen molar-refractivity contribution in [2.75, 3.05) is 7.11 Å². The SMILES string of the molecule is COc1ccc(C=NN=C2NC(=O)C(CC(=O)O)S2)cc1OS(=O)(=O)c1ccccc1. The average Bonchev–Trinajstić information content (AvgIpc) is 3.07. The molecule has 1 fully saturated rings. The zero-order valence-electron chi connectivity index (χ0n) is 16.1. The van der Waals surface area contributed by atoms with Crippen LogP contribution in [0.5, 0.6) is 11.5 Å². The number of carbonyl (C=O) groups excluding carboxylic acids is 1. The smallest absolute Gasteiger partial charge is 0.339 e. The molecule has 2 aromatic rings. The van der Waals surface area contributed by atoms with E-state index in [1.807, 2.05) is 0 Å². The lowest BCUT2D eigenvalue weighted by atomic mass is 10.2. The maximum absolute atomic E-state index is 12.5. The molecule has 2 aromatic carbocycles. The molecule has 0 saturated carbocycles. The first-order chi connectivity index (χ1) is 14.8. The van der Waals surface area contributed by atoms with Gasteiger partial charge in [-0.1, -0.05) is 30.0 Å². The van der Waals surface area contributed by atoms with E-state index in [-0.39, 0.29) is 28.0 Å². The van der Waals surface area contributed by atoms with E-state index in [1.165, 1.54) is 37.6 Å². The summed E-state index contributed by atoms with van der Waals surface area (Å²) in [7, 11) is -2.69. The number of thioether (sulfide) groups is 1. The third kappa shape index (κ3) is 5.83. The number of nitrogens with one attached hydrogen (secondary N) is 1. The third-order valence-electron chi connectivity index (χ3n) is 3.91. The van der Waals surface area contributed by atoms with Crippen LogP contribution in [0.2, 0.25) is 0 Å². The number of benzene rings is 2. The quantitative estimate of drug-likeness (QED) is 0.343. The summed E-state index contributed by atoms with van der Waals surface area (Å²) in [6.45, 7) is 0. The van der Waals surface area contributed by atoms with Gasteiger partial charge in [0, 0.05) is 0 Å². The second-order valence-electron chi connectivity index (χ2n) is 6.10. The van der Waals surface area contributed by atoms with Crippen LogP contribution >= 0.6 is 11.8 Å². The Morgan fingerprint density at radius 2 is 1.97 bits per heavy atom. The third-order valence-corrected chi connectivity index (χ3v) is 6.23. The van der Waals surface area contributed by atoms with Crippen LogP contribution in [0.25, 0.3) is 0 Å². The van der Waals surface area contributed by atoms with Crippen molar-refractivity contribution in [3.05, 3.63) is 54.1 Å². The van der Waals surface area contributed by atoms with Crippen LogP contribution in [-0.4, -0.2) is 49.1 Å². The molecule has 1 heterocycles. The van der Waals surface area contributed by atoms with E-state index in [0.29, 0.717) is 5.56 Å². The molecule has 10 nitrogen and oxygen atoms in total. The fourth-order valence-corrected chi connectivity index (χ4v) is 4.35. The number of rotatable bonds is 8. The Morgan fingerprint density at radius 1 is 1.23 bits per heavy atom. The Bertz CT molecular complexity index is 1150. The molecule has 1 saturated heterocycles. The fraction of sp³-hybridized carbons (Fsp3) is 0.158. The maximum atomic E-state index is 12.5. The van der Waals surface area contributed by atoms with Gasteiger partial charge in [0.15, 0.2) is 16.7 Å². The molecule has 1 atom stereocenters. The lowest BCUT2D eigenvalue weighted by Gasteiger charge is -2.11. The minimum absolute atomic E-state index is 0.00700. The number of hydrogen-bond acceptors (Lipinski definition) is 9. The Kier molecular flexibility index (Phi) is 6.92. The summed E-state index contributed by atoms with van der Waals surface area (Å²) >= 11 is 0.968. The van der Waals surface area contributed by atoms with Crippen molar-refractivity contribution in [2.24, 2.45) is 10.2 Å². The normalized spacial score (nSPS) is 17.6. The highest BCUT2D eigenvalue weighted by molar-refractivity contribution is 8.15. The highest BCUT2D eigenvalue weighted by atomic mass is 32.2. The molecule has 0 aromatic heterocycles. The van der Waals surface area contributed by atoms with Crippen molar-refractivity contribution >= 4 is 45.1 Å². The summed E-state index contributed by atoms with van der Waals surface area (Å²) in [5, 5.41) is 18.4. The molecule has 0 bridgehead atoms. The topological polar surface area (TPSA) is 144 Å². The summed E-state index contributed by atoms with van der Waals surface area (Å²) in [6, 6.07) is 12.2. The number of carboxylic acid groups (broad SMARTS) is 1. The van der Waals surface area contributed by atoms with Gasteiger partial charge in [-0.2, -0.15) is 13.5 Å². The van der Waals surface area contributed by atoms with E-state index in [2.05, 4.69) is 15.5 Å². The van der Waals surface area contributed by atoms with Crippen LogP contribution < -0.4 is 14.2 Å². The molecular weight excluding hydrogens is 446 g/mol. The summed E-state index contributed by atoms with van der Waals surface area (Å²) in [5.41, 5.74) is 0.458. The highest BCUT2D eigenvalue weighted by Gasteiger charge is 2.32. The second-order valence-corrected chi connectivity index (χ2v) is 8.84. The van der Waals surface area contributed by atoms with E-state index in [9.17, 15) is 18.0 Å². The van der Waals surface area contributed by atoms with Gasteiger partial charge < -0.3 is 19.3 Å². The van der Waals surface area contributed by atoms with Crippen molar-refractivity contribution in [1.29, 1.82) is 0 Å². The van der Waals surface area contributed by atoms with E-state index in [4.69, 9.17) is 14.0 Å². The zero-order chi connectivity index (χ0) is 22.4. The zero-order valence-corrected chi connectivity index (χ0v) is 17.7. The first-order valence-electron chi connectivity index (χ1n) is 8.76. The number of amidine groups is 1. The van der Waals surface area contributed by atoms with Gasteiger partial charge in [0.25, 0.3) is 0 Å². The van der Waals surface area contributed by atoms with Gasteiger partial charge in [-0.15, -0.1) is 5.10 Å². The number of methoxy groups -OCH3 is 1. The standard InChI is InChI=1S/C19H17N3O7S2/c1-28-14-8-7-12(9-15(14)29-31(26,27)13-5-3-2-4-6-13)11-20-22-19-21-18(25)16(30-19)10-17(23)24/h2-9,11,16H,10H2,1H3,(H,23,24)(H,21,22,25). The Morgan fingerprint density at radius 3 is 2.65 bits per heavy atom. The van der Waals surface area contributed by atoms with E-state index < -0.39 is 27.2 Å². The molecule has 1 unspecified atom stereocenters. The molecule has 162 valence electrons. The minimum atomic E-state index is -4.07. The lowest BCUT2D eigenvalue weighted by molar-refractivity contribution is -0.138. The molecule has 3 rings (SSSR count). The molecule has 2 N–H and O–H groups in total. The number of hydrogen-bond donors (Lipinski definition) is 2. The Balaban J connectivity index is 1.76. The largest absolute Gasteiger partial charge is 0.493 e. The van der Waals surface area contributed by atoms with Gasteiger partial charge in [0.05, 0.1) is 19.7 Å². The molecule has 0 spiro atoms. The van der Waals surface area contributed by atoms with E-state index in [1.54, 1.807) is 24.3 Å². The molecule has 12 heteroatoms.